The molecule has 0 saturated heterocycles. The number of hydrogen-bond donors (Lipinski definition) is 1. The Labute approximate surface area is 159 Å². The van der Waals surface area contributed by atoms with Crippen LogP contribution in [0.5, 0.6) is 0 Å². The van der Waals surface area contributed by atoms with Crippen LogP contribution in [0, 0.1) is 11.3 Å². The summed E-state index contributed by atoms with van der Waals surface area (Å²) in [4.78, 5) is 10.8. The van der Waals surface area contributed by atoms with Crippen LogP contribution in [0.3, 0.4) is 0 Å². The fourth-order valence-electron chi connectivity index (χ4n) is 3.47. The van der Waals surface area contributed by atoms with E-state index in [4.69, 9.17) is 15.7 Å². The number of nitrogens with zero attached hydrogens (tertiary/aromatic N) is 4. The Bertz CT molecular complexity index is 1340. The second-order valence-electron chi connectivity index (χ2n) is 6.44. The van der Waals surface area contributed by atoms with Crippen LogP contribution < -0.4 is 5.73 Å². The van der Waals surface area contributed by atoms with E-state index in [1.807, 2.05) is 41.0 Å². The van der Waals surface area contributed by atoms with E-state index >= 15 is 0 Å². The molecule has 5 rings (SSSR count). The zero-order chi connectivity index (χ0) is 18.4. The van der Waals surface area contributed by atoms with Crippen molar-refractivity contribution in [1.29, 1.82) is 5.26 Å². The van der Waals surface area contributed by atoms with Crippen LogP contribution in [0.1, 0.15) is 10.4 Å². The molecule has 3 aromatic heterocycles. The molecule has 0 fully saturated rings. The quantitative estimate of drug-likeness (QED) is 0.475. The number of thiophene rings is 1. The fraction of sp³-hybridized carbons (Fsp3) is 0.0952. The molecule has 0 spiro atoms. The van der Waals surface area contributed by atoms with Gasteiger partial charge in [0.05, 0.1) is 11.0 Å². The zero-order valence-electron chi connectivity index (χ0n) is 14.4. The van der Waals surface area contributed by atoms with Gasteiger partial charge in [-0.25, -0.2) is 9.97 Å². The summed E-state index contributed by atoms with van der Waals surface area (Å²) in [7, 11) is 0. The third-order valence-corrected chi connectivity index (χ3v) is 5.76. The van der Waals surface area contributed by atoms with Crippen molar-refractivity contribution >= 4 is 50.1 Å². The summed E-state index contributed by atoms with van der Waals surface area (Å²) in [5, 5.41) is 13.9. The molecule has 0 unspecified atom stereocenters. The maximum atomic E-state index is 9.62. The fourth-order valence-corrected chi connectivity index (χ4v) is 4.17. The van der Waals surface area contributed by atoms with E-state index in [-0.39, 0.29) is 0 Å². The van der Waals surface area contributed by atoms with Crippen molar-refractivity contribution in [1.82, 2.24) is 14.5 Å². The first kappa shape index (κ1) is 15.8. The van der Waals surface area contributed by atoms with E-state index in [0.29, 0.717) is 29.1 Å². The maximum Gasteiger partial charge on any atom is 0.162 e. The lowest BCUT2D eigenvalue weighted by Crippen LogP contribution is -2.06. The van der Waals surface area contributed by atoms with Crippen LogP contribution >= 0.6 is 11.3 Å². The van der Waals surface area contributed by atoms with E-state index < -0.39 is 0 Å². The van der Waals surface area contributed by atoms with Crippen molar-refractivity contribution in [2.45, 2.75) is 13.0 Å². The molecule has 6 heteroatoms. The van der Waals surface area contributed by atoms with Crippen LogP contribution in [-0.4, -0.2) is 14.5 Å². The number of fused-ring (bicyclic) bond motifs is 3. The smallest absolute Gasteiger partial charge is 0.162 e. The summed E-state index contributed by atoms with van der Waals surface area (Å²) in [5.41, 5.74) is 9.51. The third-order valence-electron chi connectivity index (χ3n) is 4.83. The molecule has 0 saturated carbocycles. The highest BCUT2D eigenvalue weighted by Gasteiger charge is 2.18. The van der Waals surface area contributed by atoms with Gasteiger partial charge in [0.1, 0.15) is 23.0 Å². The van der Waals surface area contributed by atoms with Crippen LogP contribution in [0.4, 0.5) is 5.82 Å². The Hall–Kier alpha value is -3.43. The van der Waals surface area contributed by atoms with Crippen molar-refractivity contribution in [3.63, 3.8) is 0 Å². The molecular formula is C21H15N5S. The number of aromatic nitrogens is 3. The lowest BCUT2D eigenvalue weighted by molar-refractivity contribution is 0.732. The molecule has 0 atom stereocenters. The molecule has 27 heavy (non-hydrogen) atoms. The minimum atomic E-state index is 0.402. The molecule has 3 heterocycles. The van der Waals surface area contributed by atoms with Gasteiger partial charge in [0.15, 0.2) is 5.65 Å². The molecule has 0 radical (unpaired) electrons. The Kier molecular flexibility index (Phi) is 3.56. The molecule has 0 bridgehead atoms. The van der Waals surface area contributed by atoms with Gasteiger partial charge >= 0.3 is 0 Å². The van der Waals surface area contributed by atoms with E-state index in [1.165, 1.54) is 4.88 Å². The lowest BCUT2D eigenvalue weighted by Gasteiger charge is -2.07. The van der Waals surface area contributed by atoms with E-state index in [0.717, 1.165) is 28.2 Å². The molecule has 130 valence electrons. The van der Waals surface area contributed by atoms with Crippen molar-refractivity contribution < 1.29 is 0 Å². The van der Waals surface area contributed by atoms with Crippen LogP contribution in [0.15, 0.2) is 53.9 Å². The van der Waals surface area contributed by atoms with Crippen LogP contribution in [-0.2, 0) is 13.0 Å². The summed E-state index contributed by atoms with van der Waals surface area (Å²) in [5.74, 6) is 0.434. The Morgan fingerprint density at radius 2 is 1.78 bits per heavy atom. The van der Waals surface area contributed by atoms with Crippen molar-refractivity contribution in [2.75, 3.05) is 5.73 Å². The third kappa shape index (κ3) is 2.52. The number of aryl methyl sites for hydroxylation is 2. The van der Waals surface area contributed by atoms with E-state index in [1.54, 1.807) is 11.3 Å². The molecule has 0 aliphatic rings. The molecule has 2 N–H and O–H groups in total. The van der Waals surface area contributed by atoms with Gasteiger partial charge < -0.3 is 10.3 Å². The van der Waals surface area contributed by atoms with Gasteiger partial charge in [0.25, 0.3) is 0 Å². The first-order valence-corrected chi connectivity index (χ1v) is 9.53. The second kappa shape index (κ2) is 6.08. The molecular weight excluding hydrogens is 354 g/mol. The van der Waals surface area contributed by atoms with Gasteiger partial charge in [0.2, 0.25) is 0 Å². The van der Waals surface area contributed by atoms with Crippen LogP contribution in [0.2, 0.25) is 0 Å². The van der Waals surface area contributed by atoms with Crippen molar-refractivity contribution in [2.24, 2.45) is 0 Å². The predicted molar refractivity (Wildman–Crippen MR) is 110 cm³/mol. The number of benzene rings is 2. The largest absolute Gasteiger partial charge is 0.384 e. The Morgan fingerprint density at radius 3 is 2.44 bits per heavy atom. The van der Waals surface area contributed by atoms with Gasteiger partial charge in [-0.2, -0.15) is 5.26 Å². The monoisotopic (exact) mass is 369 g/mol. The van der Waals surface area contributed by atoms with Gasteiger partial charge in [0, 0.05) is 11.4 Å². The summed E-state index contributed by atoms with van der Waals surface area (Å²) < 4.78 is 1.91. The number of anilines is 1. The summed E-state index contributed by atoms with van der Waals surface area (Å²) in [6.07, 6.45) is 0.841. The first-order valence-electron chi connectivity index (χ1n) is 8.65. The normalized spacial score (nSPS) is 11.4. The van der Waals surface area contributed by atoms with Crippen LogP contribution in [0.25, 0.3) is 33.0 Å². The zero-order valence-corrected chi connectivity index (χ0v) is 15.2. The maximum absolute atomic E-state index is 9.62. The highest BCUT2D eigenvalue weighted by atomic mass is 32.1. The van der Waals surface area contributed by atoms with Crippen molar-refractivity contribution in [3.05, 3.63) is 64.4 Å². The number of nitrogen functional groups attached to an aromatic ring is 1. The highest BCUT2D eigenvalue weighted by molar-refractivity contribution is 7.09. The average molecular weight is 369 g/mol. The highest BCUT2D eigenvalue weighted by Crippen LogP contribution is 2.29. The number of rotatable bonds is 3. The SMILES string of the molecule is N#Cc1c(N)n(CCc2cccs2)c2nc3cc4ccccc4cc3nc12. The molecule has 0 amide bonds. The molecule has 0 aliphatic carbocycles. The van der Waals surface area contributed by atoms with Gasteiger partial charge in [-0.15, -0.1) is 11.3 Å². The lowest BCUT2D eigenvalue weighted by atomic mass is 10.1. The molecule has 5 aromatic rings. The molecule has 5 nitrogen and oxygen atoms in total. The molecule has 0 aliphatic heterocycles. The topological polar surface area (TPSA) is 80.5 Å². The number of hydrogen-bond acceptors (Lipinski definition) is 5. The van der Waals surface area contributed by atoms with Crippen molar-refractivity contribution in [3.8, 4) is 6.07 Å². The van der Waals surface area contributed by atoms with Gasteiger partial charge in [-0.05, 0) is 40.8 Å². The minimum absolute atomic E-state index is 0.402. The second-order valence-corrected chi connectivity index (χ2v) is 7.47. The van der Waals surface area contributed by atoms with Gasteiger partial charge in [-0.1, -0.05) is 30.3 Å². The average Bonchev–Trinajstić information content (AvgIpc) is 3.28. The summed E-state index contributed by atoms with van der Waals surface area (Å²) >= 11 is 1.71. The minimum Gasteiger partial charge on any atom is -0.384 e. The predicted octanol–water partition coefficient (Wildman–Crippen LogP) is 4.50. The first-order chi connectivity index (χ1) is 13.2. The van der Waals surface area contributed by atoms with E-state index in [9.17, 15) is 5.26 Å². The van der Waals surface area contributed by atoms with Gasteiger partial charge in [-0.3, -0.25) is 0 Å². The Morgan fingerprint density at radius 1 is 1.04 bits per heavy atom. The summed E-state index contributed by atoms with van der Waals surface area (Å²) in [6.45, 7) is 0.665. The number of nitrogens with two attached hydrogens (primary N) is 1. The standard InChI is InChI=1S/C21H15N5S/c22-12-16-19-21(26(20(16)23)8-7-15-6-3-9-27-15)25-18-11-14-5-2-1-4-13(14)10-17(18)24-19/h1-6,9-11H,7-8,23H2. The van der Waals surface area contributed by atoms with E-state index in [2.05, 4.69) is 23.6 Å². The Balaban J connectivity index is 1.73. The number of nitriles is 1. The molecule has 2 aromatic carbocycles. The summed E-state index contributed by atoms with van der Waals surface area (Å²) in [6, 6.07) is 18.5.